The highest BCUT2D eigenvalue weighted by Crippen LogP contribution is 2.22. The second-order valence-electron chi connectivity index (χ2n) is 3.70. The van der Waals surface area contributed by atoms with E-state index >= 15 is 0 Å². The largest absolute Gasteiger partial charge is 0.381 e. The van der Waals surface area contributed by atoms with Gasteiger partial charge in [0.25, 0.3) is 0 Å². The van der Waals surface area contributed by atoms with Crippen molar-refractivity contribution in [1.29, 1.82) is 0 Å². The fourth-order valence-corrected chi connectivity index (χ4v) is 1.56. The number of pyridine rings is 1. The summed E-state index contributed by atoms with van der Waals surface area (Å²) in [6.45, 7) is 6.46. The molecule has 0 aromatic carbocycles. The first-order valence-corrected chi connectivity index (χ1v) is 5.39. The number of nitrogen functional groups attached to an aromatic ring is 1. The summed E-state index contributed by atoms with van der Waals surface area (Å²) in [6.07, 6.45) is 0.853. The van der Waals surface area contributed by atoms with Gasteiger partial charge in [-0.1, -0.05) is 6.92 Å². The van der Waals surface area contributed by atoms with E-state index in [0.29, 0.717) is 6.54 Å². The molecule has 0 aliphatic rings. The number of anilines is 2. The molecule has 1 aromatic rings. The molecule has 3 nitrogen and oxygen atoms in total. The van der Waals surface area contributed by atoms with Crippen LogP contribution in [-0.4, -0.2) is 17.6 Å². The van der Waals surface area contributed by atoms with Crippen LogP contribution in [0.1, 0.15) is 27.2 Å². The zero-order chi connectivity index (χ0) is 12.3. The molecule has 0 bridgehead atoms. The smallest absolute Gasteiger partial charge is 0.168 e. The summed E-state index contributed by atoms with van der Waals surface area (Å²) in [6, 6.07) is 0.916. The third-order valence-electron chi connectivity index (χ3n) is 2.67. The third kappa shape index (κ3) is 2.40. The number of nitrogens with zero attached hydrogens (tertiary/aromatic N) is 2. The van der Waals surface area contributed by atoms with Gasteiger partial charge in [-0.15, -0.1) is 0 Å². The molecule has 1 aromatic heterocycles. The first-order valence-electron chi connectivity index (χ1n) is 5.39. The Bertz CT molecular complexity index is 368. The molecule has 0 fully saturated rings. The van der Waals surface area contributed by atoms with Crippen LogP contribution in [0.3, 0.4) is 0 Å². The normalized spacial score (nSPS) is 12.6. The van der Waals surface area contributed by atoms with E-state index in [1.165, 1.54) is 0 Å². The molecule has 0 spiro atoms. The third-order valence-corrected chi connectivity index (χ3v) is 2.67. The van der Waals surface area contributed by atoms with Crippen molar-refractivity contribution in [2.45, 2.75) is 33.2 Å². The van der Waals surface area contributed by atoms with Crippen molar-refractivity contribution < 1.29 is 8.78 Å². The average Bonchev–Trinajstić information content (AvgIpc) is 2.26. The molecule has 0 radical (unpaired) electrons. The van der Waals surface area contributed by atoms with Crippen LogP contribution in [0.2, 0.25) is 0 Å². The van der Waals surface area contributed by atoms with Gasteiger partial charge in [-0.25, -0.2) is 13.8 Å². The van der Waals surface area contributed by atoms with Crippen molar-refractivity contribution in [2.24, 2.45) is 0 Å². The second kappa shape index (κ2) is 5.09. The van der Waals surface area contributed by atoms with Gasteiger partial charge < -0.3 is 10.6 Å². The van der Waals surface area contributed by atoms with Gasteiger partial charge in [-0.3, -0.25) is 0 Å². The molecule has 5 heteroatoms. The lowest BCUT2D eigenvalue weighted by molar-refractivity contribution is 0.552. The van der Waals surface area contributed by atoms with Gasteiger partial charge >= 0.3 is 0 Å². The zero-order valence-corrected chi connectivity index (χ0v) is 9.80. The van der Waals surface area contributed by atoms with Gasteiger partial charge in [0.15, 0.2) is 23.3 Å². The maximum Gasteiger partial charge on any atom is 0.168 e. The van der Waals surface area contributed by atoms with Crippen LogP contribution in [0.25, 0.3) is 0 Å². The van der Waals surface area contributed by atoms with Crippen LogP contribution < -0.4 is 10.6 Å². The number of aromatic nitrogens is 1. The highest BCUT2D eigenvalue weighted by Gasteiger charge is 2.18. The van der Waals surface area contributed by atoms with E-state index in [9.17, 15) is 8.78 Å². The molecule has 1 unspecified atom stereocenters. The highest BCUT2D eigenvalue weighted by atomic mass is 19.1. The molecule has 0 saturated heterocycles. The summed E-state index contributed by atoms with van der Waals surface area (Å²) < 4.78 is 26.5. The molecule has 1 heterocycles. The molecular formula is C11H17F2N3. The molecule has 0 aliphatic carbocycles. The molecule has 1 rings (SSSR count). The van der Waals surface area contributed by atoms with Gasteiger partial charge in [0.2, 0.25) is 0 Å². The predicted molar refractivity (Wildman–Crippen MR) is 61.3 cm³/mol. The Balaban J connectivity index is 3.15. The molecule has 0 saturated carbocycles. The van der Waals surface area contributed by atoms with Crippen LogP contribution in [0.15, 0.2) is 6.07 Å². The Morgan fingerprint density at radius 1 is 1.38 bits per heavy atom. The molecule has 0 amide bonds. The lowest BCUT2D eigenvalue weighted by Gasteiger charge is -2.28. The lowest BCUT2D eigenvalue weighted by Crippen LogP contribution is -2.34. The first kappa shape index (κ1) is 12.7. The average molecular weight is 229 g/mol. The number of hydrogen-bond donors (Lipinski definition) is 1. The highest BCUT2D eigenvalue weighted by molar-refractivity contribution is 5.47. The Morgan fingerprint density at radius 3 is 2.50 bits per heavy atom. The molecule has 0 aliphatic heterocycles. The molecule has 90 valence electrons. The summed E-state index contributed by atoms with van der Waals surface area (Å²) in [5, 5.41) is 0. The van der Waals surface area contributed by atoms with Crippen molar-refractivity contribution in [3.63, 3.8) is 0 Å². The lowest BCUT2D eigenvalue weighted by atomic mass is 10.2. The van der Waals surface area contributed by atoms with E-state index in [1.807, 2.05) is 20.8 Å². The topological polar surface area (TPSA) is 42.2 Å². The van der Waals surface area contributed by atoms with Crippen molar-refractivity contribution in [1.82, 2.24) is 4.98 Å². The van der Waals surface area contributed by atoms with E-state index in [-0.39, 0.29) is 17.7 Å². The van der Waals surface area contributed by atoms with Gasteiger partial charge in [-0.05, 0) is 20.3 Å². The van der Waals surface area contributed by atoms with Gasteiger partial charge in [0, 0.05) is 18.7 Å². The van der Waals surface area contributed by atoms with E-state index in [2.05, 4.69) is 4.98 Å². The Kier molecular flexibility index (Phi) is 4.04. The number of hydrogen-bond acceptors (Lipinski definition) is 3. The maximum absolute atomic E-state index is 13.6. The van der Waals surface area contributed by atoms with Crippen molar-refractivity contribution >= 4 is 11.6 Å². The number of rotatable bonds is 4. The molecule has 2 N–H and O–H groups in total. The quantitative estimate of drug-likeness (QED) is 0.862. The van der Waals surface area contributed by atoms with Crippen LogP contribution in [-0.2, 0) is 0 Å². The van der Waals surface area contributed by atoms with E-state index < -0.39 is 11.6 Å². The summed E-state index contributed by atoms with van der Waals surface area (Å²) >= 11 is 0. The van der Waals surface area contributed by atoms with Crippen LogP contribution >= 0.6 is 0 Å². The maximum atomic E-state index is 13.6. The fraction of sp³-hybridized carbons (Fsp3) is 0.545. The second-order valence-corrected chi connectivity index (χ2v) is 3.70. The van der Waals surface area contributed by atoms with Crippen LogP contribution in [0.4, 0.5) is 20.4 Å². The SMILES string of the molecule is CCC(C)N(CC)c1nc(N)c(F)cc1F. The Hall–Kier alpha value is -1.39. The Labute approximate surface area is 94.3 Å². The molecule has 16 heavy (non-hydrogen) atoms. The predicted octanol–water partition coefficient (Wildman–Crippen LogP) is 2.57. The standard InChI is InChI=1S/C11H17F2N3/c1-4-7(3)16(5-2)11-9(13)6-8(12)10(14)15-11/h6-7H,4-5H2,1-3H3,(H2,14,15). The molecular weight excluding hydrogens is 212 g/mol. The fourth-order valence-electron chi connectivity index (χ4n) is 1.56. The van der Waals surface area contributed by atoms with Gasteiger partial charge in [0.1, 0.15) is 0 Å². The minimum atomic E-state index is -0.818. The van der Waals surface area contributed by atoms with E-state index in [1.54, 1.807) is 4.90 Å². The summed E-state index contributed by atoms with van der Waals surface area (Å²) in [5.41, 5.74) is 5.34. The molecule has 1 atom stereocenters. The Morgan fingerprint density at radius 2 is 2.00 bits per heavy atom. The number of nitrogens with two attached hydrogens (primary N) is 1. The van der Waals surface area contributed by atoms with Crippen LogP contribution in [0.5, 0.6) is 0 Å². The number of halogens is 2. The van der Waals surface area contributed by atoms with Gasteiger partial charge in [-0.2, -0.15) is 0 Å². The first-order chi connectivity index (χ1) is 7.51. The van der Waals surface area contributed by atoms with Gasteiger partial charge in [0.05, 0.1) is 0 Å². The summed E-state index contributed by atoms with van der Waals surface area (Å²) in [7, 11) is 0. The van der Waals surface area contributed by atoms with E-state index in [0.717, 1.165) is 12.5 Å². The van der Waals surface area contributed by atoms with E-state index in [4.69, 9.17) is 5.73 Å². The minimum absolute atomic E-state index is 0.121. The van der Waals surface area contributed by atoms with Crippen molar-refractivity contribution in [2.75, 3.05) is 17.2 Å². The van der Waals surface area contributed by atoms with Crippen molar-refractivity contribution in [3.8, 4) is 0 Å². The monoisotopic (exact) mass is 229 g/mol. The van der Waals surface area contributed by atoms with Crippen LogP contribution in [0, 0.1) is 11.6 Å². The summed E-state index contributed by atoms with van der Waals surface area (Å²) in [4.78, 5) is 5.54. The zero-order valence-electron chi connectivity index (χ0n) is 9.80. The minimum Gasteiger partial charge on any atom is -0.381 e. The summed E-state index contributed by atoms with van der Waals surface area (Å²) in [5.74, 6) is -1.63. The van der Waals surface area contributed by atoms with Crippen molar-refractivity contribution in [3.05, 3.63) is 17.7 Å².